The fourth-order valence-corrected chi connectivity index (χ4v) is 1.41. The maximum absolute atomic E-state index is 9.30. The maximum atomic E-state index is 9.30. The first-order valence-electron chi connectivity index (χ1n) is 5.32. The molecule has 0 aromatic heterocycles. The van der Waals surface area contributed by atoms with Crippen molar-refractivity contribution in [3.8, 4) is 0 Å². The number of benzene rings is 1. The van der Waals surface area contributed by atoms with Crippen LogP contribution in [0.5, 0.6) is 0 Å². The minimum Gasteiger partial charge on any atom is -0.389 e. The van der Waals surface area contributed by atoms with Gasteiger partial charge in [0.05, 0.1) is 18.8 Å². The third-order valence-electron chi connectivity index (χ3n) is 2.30. The van der Waals surface area contributed by atoms with Crippen LogP contribution in [0, 0.1) is 0 Å². The summed E-state index contributed by atoms with van der Waals surface area (Å²) in [5.74, 6) is 0. The average Bonchev–Trinajstić information content (AvgIpc) is 2.31. The van der Waals surface area contributed by atoms with E-state index in [1.54, 1.807) is 0 Å². The number of hydrogen-bond donors (Lipinski definition) is 2. The zero-order valence-corrected chi connectivity index (χ0v) is 9.10. The zero-order chi connectivity index (χ0) is 11.1. The molecule has 0 saturated heterocycles. The molecule has 3 N–H and O–H groups in total. The molecule has 84 valence electrons. The number of hydrogen-bond acceptors (Lipinski definition) is 3. The first kappa shape index (κ1) is 12.2. The number of nitrogens with two attached hydrogens (primary N) is 1. The van der Waals surface area contributed by atoms with E-state index >= 15 is 0 Å². The van der Waals surface area contributed by atoms with Crippen LogP contribution in [0.3, 0.4) is 0 Å². The van der Waals surface area contributed by atoms with Gasteiger partial charge >= 0.3 is 0 Å². The summed E-state index contributed by atoms with van der Waals surface area (Å²) >= 11 is 0. The van der Waals surface area contributed by atoms with Crippen molar-refractivity contribution >= 4 is 0 Å². The van der Waals surface area contributed by atoms with Crippen LogP contribution in [0.2, 0.25) is 0 Å². The van der Waals surface area contributed by atoms with Crippen molar-refractivity contribution in [1.29, 1.82) is 0 Å². The summed E-state index contributed by atoms with van der Waals surface area (Å²) in [6.45, 7) is 2.60. The summed E-state index contributed by atoms with van der Waals surface area (Å²) in [5.41, 5.74) is 6.45. The molecule has 0 unspecified atom stereocenters. The molecule has 0 heterocycles. The summed E-state index contributed by atoms with van der Waals surface area (Å²) in [6.07, 6.45) is 0.372. The van der Waals surface area contributed by atoms with Gasteiger partial charge in [0.1, 0.15) is 0 Å². The summed E-state index contributed by atoms with van der Waals surface area (Å²) < 4.78 is 5.60. The Kier molecular flexibility index (Phi) is 5.32. The van der Waals surface area contributed by atoms with E-state index in [2.05, 4.69) is 6.92 Å². The van der Waals surface area contributed by atoms with Crippen molar-refractivity contribution in [2.24, 2.45) is 5.73 Å². The van der Waals surface area contributed by atoms with Gasteiger partial charge < -0.3 is 15.6 Å². The number of aliphatic hydroxyl groups excluding tert-OH is 1. The van der Waals surface area contributed by atoms with Crippen LogP contribution < -0.4 is 5.73 Å². The lowest BCUT2D eigenvalue weighted by Crippen LogP contribution is -2.26. The van der Waals surface area contributed by atoms with E-state index in [0.717, 1.165) is 12.0 Å². The van der Waals surface area contributed by atoms with Gasteiger partial charge in [0.2, 0.25) is 0 Å². The third-order valence-corrected chi connectivity index (χ3v) is 2.30. The van der Waals surface area contributed by atoms with Gasteiger partial charge in [-0.1, -0.05) is 37.3 Å². The summed E-state index contributed by atoms with van der Waals surface area (Å²) in [7, 11) is 0. The lowest BCUT2D eigenvalue weighted by molar-refractivity contribution is -0.00863. The molecule has 0 spiro atoms. The molecule has 0 aliphatic heterocycles. The first-order chi connectivity index (χ1) is 7.27. The van der Waals surface area contributed by atoms with Gasteiger partial charge in [-0.2, -0.15) is 0 Å². The molecule has 0 bridgehead atoms. The van der Waals surface area contributed by atoms with Gasteiger partial charge in [-0.05, 0) is 12.0 Å². The van der Waals surface area contributed by atoms with E-state index in [9.17, 15) is 5.11 Å². The van der Waals surface area contributed by atoms with E-state index < -0.39 is 6.10 Å². The fraction of sp³-hybridized carbons (Fsp3) is 0.500. The van der Waals surface area contributed by atoms with E-state index in [1.807, 2.05) is 30.3 Å². The number of rotatable bonds is 6. The zero-order valence-electron chi connectivity index (χ0n) is 9.10. The highest BCUT2D eigenvalue weighted by molar-refractivity contribution is 5.17. The van der Waals surface area contributed by atoms with Crippen molar-refractivity contribution in [3.63, 3.8) is 0 Å². The van der Waals surface area contributed by atoms with Gasteiger partial charge in [0.25, 0.3) is 0 Å². The molecule has 2 atom stereocenters. The van der Waals surface area contributed by atoms with E-state index in [4.69, 9.17) is 10.5 Å². The molecule has 1 aromatic carbocycles. The van der Waals surface area contributed by atoms with Gasteiger partial charge in [-0.15, -0.1) is 0 Å². The van der Waals surface area contributed by atoms with E-state index in [0.29, 0.717) is 6.61 Å². The molecule has 1 aromatic rings. The lowest BCUT2D eigenvalue weighted by atomic mass is 10.1. The SMILES string of the molecule is CC[C@H](OC[C@@H](O)CN)c1ccccc1. The van der Waals surface area contributed by atoms with E-state index in [1.165, 1.54) is 0 Å². The Bertz CT molecular complexity index is 264. The van der Waals surface area contributed by atoms with E-state index in [-0.39, 0.29) is 12.6 Å². The molecular weight excluding hydrogens is 190 g/mol. The van der Waals surface area contributed by atoms with Crippen molar-refractivity contribution < 1.29 is 9.84 Å². The predicted molar refractivity (Wildman–Crippen MR) is 60.5 cm³/mol. The summed E-state index contributed by atoms with van der Waals surface area (Å²) in [6, 6.07) is 10.0. The van der Waals surface area contributed by atoms with Crippen molar-refractivity contribution in [3.05, 3.63) is 35.9 Å². The minimum absolute atomic E-state index is 0.0485. The topological polar surface area (TPSA) is 55.5 Å². The summed E-state index contributed by atoms with van der Waals surface area (Å²) in [4.78, 5) is 0. The second-order valence-electron chi connectivity index (χ2n) is 3.53. The van der Waals surface area contributed by atoms with Gasteiger partial charge in [0, 0.05) is 6.54 Å². The third kappa shape index (κ3) is 4.00. The van der Waals surface area contributed by atoms with Crippen LogP contribution in [0.25, 0.3) is 0 Å². The lowest BCUT2D eigenvalue weighted by Gasteiger charge is -2.18. The van der Waals surface area contributed by atoms with Crippen LogP contribution in [0.15, 0.2) is 30.3 Å². The van der Waals surface area contributed by atoms with Crippen molar-refractivity contribution in [2.75, 3.05) is 13.2 Å². The van der Waals surface area contributed by atoms with Crippen LogP contribution in [-0.2, 0) is 4.74 Å². The molecule has 0 aliphatic carbocycles. The van der Waals surface area contributed by atoms with Crippen molar-refractivity contribution in [2.45, 2.75) is 25.6 Å². The fourth-order valence-electron chi connectivity index (χ4n) is 1.41. The standard InChI is InChI=1S/C12H19NO2/c1-2-12(15-9-11(14)8-13)10-6-4-3-5-7-10/h3-7,11-12,14H,2,8-9,13H2,1H3/t11-,12-/m0/s1. The van der Waals surface area contributed by atoms with Gasteiger partial charge in [0.15, 0.2) is 0 Å². The molecule has 0 saturated carbocycles. The second kappa shape index (κ2) is 6.56. The Morgan fingerprint density at radius 1 is 1.33 bits per heavy atom. The Balaban J connectivity index is 2.50. The largest absolute Gasteiger partial charge is 0.389 e. The quantitative estimate of drug-likeness (QED) is 0.746. The average molecular weight is 209 g/mol. The molecule has 3 heteroatoms. The molecule has 3 nitrogen and oxygen atoms in total. The monoisotopic (exact) mass is 209 g/mol. The van der Waals surface area contributed by atoms with Crippen LogP contribution in [0.4, 0.5) is 0 Å². The highest BCUT2D eigenvalue weighted by atomic mass is 16.5. The molecule has 0 amide bonds. The number of aliphatic hydroxyl groups is 1. The molecule has 0 radical (unpaired) electrons. The van der Waals surface area contributed by atoms with Gasteiger partial charge in [-0.25, -0.2) is 0 Å². The highest BCUT2D eigenvalue weighted by Crippen LogP contribution is 2.20. The predicted octanol–water partition coefficient (Wildman–Crippen LogP) is 1.47. The molecule has 0 aliphatic rings. The Morgan fingerprint density at radius 2 is 2.00 bits per heavy atom. The molecule has 1 rings (SSSR count). The summed E-state index contributed by atoms with van der Waals surface area (Å²) in [5, 5.41) is 9.30. The van der Waals surface area contributed by atoms with Crippen LogP contribution in [-0.4, -0.2) is 24.4 Å². The van der Waals surface area contributed by atoms with Crippen LogP contribution >= 0.6 is 0 Å². The Morgan fingerprint density at radius 3 is 2.53 bits per heavy atom. The highest BCUT2D eigenvalue weighted by Gasteiger charge is 2.11. The van der Waals surface area contributed by atoms with Crippen molar-refractivity contribution in [1.82, 2.24) is 0 Å². The molecule has 0 fully saturated rings. The Labute approximate surface area is 90.9 Å². The first-order valence-corrected chi connectivity index (χ1v) is 5.32. The van der Waals surface area contributed by atoms with Gasteiger partial charge in [-0.3, -0.25) is 0 Å². The van der Waals surface area contributed by atoms with Crippen LogP contribution in [0.1, 0.15) is 25.0 Å². The maximum Gasteiger partial charge on any atom is 0.0895 e. The molecular formula is C12H19NO2. The minimum atomic E-state index is -0.567. The Hall–Kier alpha value is -0.900. The normalized spacial score (nSPS) is 14.9. The smallest absolute Gasteiger partial charge is 0.0895 e. The molecule has 15 heavy (non-hydrogen) atoms. The second-order valence-corrected chi connectivity index (χ2v) is 3.53. The number of ether oxygens (including phenoxy) is 1.